The maximum atomic E-state index is 5.62. The zero-order chi connectivity index (χ0) is 9.80. The molecule has 0 spiro atoms. The fourth-order valence-corrected chi connectivity index (χ4v) is 3.27. The Labute approximate surface area is 95.7 Å². The molecule has 0 aromatic carbocycles. The second-order valence-electron chi connectivity index (χ2n) is 2.70. The van der Waals surface area contributed by atoms with Crippen molar-refractivity contribution >= 4 is 44.9 Å². The Morgan fingerprint density at radius 2 is 2.36 bits per heavy atom. The number of hydrogen-bond acceptors (Lipinski definition) is 4. The number of nitrogens with zero attached hydrogens (tertiary/aromatic N) is 2. The third kappa shape index (κ3) is 2.19. The number of aromatic nitrogens is 2. The Hall–Kier alpha value is -0.320. The molecule has 0 unspecified atom stereocenters. The van der Waals surface area contributed by atoms with Gasteiger partial charge in [0.1, 0.15) is 11.4 Å². The molecule has 2 aromatic heterocycles. The quantitative estimate of drug-likeness (QED) is 0.357. The third-order valence-corrected chi connectivity index (χ3v) is 4.11. The first-order valence-electron chi connectivity index (χ1n) is 4.29. The Morgan fingerprint density at radius 3 is 3.21 bits per heavy atom. The summed E-state index contributed by atoms with van der Waals surface area (Å²) >= 11 is 9.07. The summed E-state index contributed by atoms with van der Waals surface area (Å²) in [5.74, 6) is 1.74. The fourth-order valence-electron chi connectivity index (χ4n) is 1.09. The number of rotatable bonds is 4. The molecule has 0 radical (unpaired) electrons. The van der Waals surface area contributed by atoms with E-state index in [0.717, 1.165) is 22.7 Å². The average molecular weight is 245 g/mol. The van der Waals surface area contributed by atoms with Crippen LogP contribution in [0, 0.1) is 0 Å². The topological polar surface area (TPSA) is 25.8 Å². The number of alkyl halides is 1. The van der Waals surface area contributed by atoms with Gasteiger partial charge in [0.25, 0.3) is 0 Å². The number of halogens is 1. The van der Waals surface area contributed by atoms with E-state index in [-0.39, 0.29) is 0 Å². The van der Waals surface area contributed by atoms with Gasteiger partial charge in [0.15, 0.2) is 0 Å². The lowest BCUT2D eigenvalue weighted by Gasteiger charge is -1.99. The molecule has 0 fully saturated rings. The standard InChI is InChI=1S/C9H9ClN2S2/c10-3-1-4-14-9-8-7(2-5-13-8)11-6-12-9/h2,5-6H,1,3-4H2. The molecule has 0 atom stereocenters. The van der Waals surface area contributed by atoms with Crippen LogP contribution in [0.1, 0.15) is 6.42 Å². The van der Waals surface area contributed by atoms with E-state index in [1.54, 1.807) is 29.4 Å². The van der Waals surface area contributed by atoms with Crippen molar-refractivity contribution in [2.75, 3.05) is 11.6 Å². The van der Waals surface area contributed by atoms with Gasteiger partial charge in [-0.2, -0.15) is 0 Å². The second kappa shape index (κ2) is 4.96. The van der Waals surface area contributed by atoms with E-state index < -0.39 is 0 Å². The molecule has 0 aliphatic carbocycles. The lowest BCUT2D eigenvalue weighted by molar-refractivity contribution is 1.08. The lowest BCUT2D eigenvalue weighted by atomic mass is 10.5. The molecule has 0 aliphatic heterocycles. The van der Waals surface area contributed by atoms with Crippen LogP contribution < -0.4 is 0 Å². The van der Waals surface area contributed by atoms with Gasteiger partial charge in [0, 0.05) is 11.6 Å². The zero-order valence-electron chi connectivity index (χ0n) is 7.44. The molecule has 2 nitrogen and oxygen atoms in total. The van der Waals surface area contributed by atoms with Crippen LogP contribution in [0.3, 0.4) is 0 Å². The predicted octanol–water partition coefficient (Wildman–Crippen LogP) is 3.41. The molecule has 5 heteroatoms. The van der Waals surface area contributed by atoms with Gasteiger partial charge in [-0.3, -0.25) is 0 Å². The van der Waals surface area contributed by atoms with Crippen LogP contribution in [0.4, 0.5) is 0 Å². The molecule has 0 saturated carbocycles. The SMILES string of the molecule is ClCCCSc1ncnc2ccsc12. The molecule has 0 aliphatic rings. The van der Waals surface area contributed by atoms with Gasteiger partial charge < -0.3 is 0 Å². The highest BCUT2D eigenvalue weighted by atomic mass is 35.5. The molecule has 0 amide bonds. The predicted molar refractivity (Wildman–Crippen MR) is 63.5 cm³/mol. The molecular formula is C9H9ClN2S2. The maximum Gasteiger partial charge on any atom is 0.117 e. The normalized spacial score (nSPS) is 10.9. The molecule has 14 heavy (non-hydrogen) atoms. The van der Waals surface area contributed by atoms with E-state index in [9.17, 15) is 0 Å². The Bertz CT molecular complexity index is 416. The second-order valence-corrected chi connectivity index (χ2v) is 5.08. The van der Waals surface area contributed by atoms with Gasteiger partial charge >= 0.3 is 0 Å². The van der Waals surface area contributed by atoms with Gasteiger partial charge in [-0.1, -0.05) is 0 Å². The van der Waals surface area contributed by atoms with Crippen LogP contribution in [0.5, 0.6) is 0 Å². The number of thioether (sulfide) groups is 1. The van der Waals surface area contributed by atoms with Crippen LogP contribution in [0.2, 0.25) is 0 Å². The van der Waals surface area contributed by atoms with Gasteiger partial charge in [0.05, 0.1) is 10.2 Å². The molecule has 2 aromatic rings. The average Bonchev–Trinajstić information content (AvgIpc) is 2.67. The summed E-state index contributed by atoms with van der Waals surface area (Å²) in [6.07, 6.45) is 2.64. The monoisotopic (exact) mass is 244 g/mol. The molecule has 2 heterocycles. The molecule has 2 rings (SSSR count). The number of fused-ring (bicyclic) bond motifs is 1. The highest BCUT2D eigenvalue weighted by molar-refractivity contribution is 7.99. The highest BCUT2D eigenvalue weighted by Gasteiger charge is 2.04. The van der Waals surface area contributed by atoms with Crippen LogP contribution in [0.15, 0.2) is 22.8 Å². The minimum absolute atomic E-state index is 0.714. The van der Waals surface area contributed by atoms with Crippen molar-refractivity contribution in [3.63, 3.8) is 0 Å². The van der Waals surface area contributed by atoms with E-state index in [2.05, 4.69) is 9.97 Å². The fraction of sp³-hybridized carbons (Fsp3) is 0.333. The molecule has 74 valence electrons. The van der Waals surface area contributed by atoms with Gasteiger partial charge in [-0.15, -0.1) is 34.7 Å². The summed E-state index contributed by atoms with van der Waals surface area (Å²) in [4.78, 5) is 8.46. The molecule has 0 N–H and O–H groups in total. The van der Waals surface area contributed by atoms with E-state index in [1.165, 1.54) is 4.70 Å². The minimum Gasteiger partial charge on any atom is -0.235 e. The first-order chi connectivity index (χ1) is 6.92. The van der Waals surface area contributed by atoms with Crippen molar-refractivity contribution in [2.24, 2.45) is 0 Å². The Morgan fingerprint density at radius 1 is 1.43 bits per heavy atom. The van der Waals surface area contributed by atoms with Crippen molar-refractivity contribution in [2.45, 2.75) is 11.4 Å². The van der Waals surface area contributed by atoms with E-state index in [1.807, 2.05) is 11.4 Å². The van der Waals surface area contributed by atoms with E-state index >= 15 is 0 Å². The van der Waals surface area contributed by atoms with Crippen LogP contribution in [-0.2, 0) is 0 Å². The van der Waals surface area contributed by atoms with Gasteiger partial charge in [-0.25, -0.2) is 9.97 Å². The summed E-state index contributed by atoms with van der Waals surface area (Å²) in [5.41, 5.74) is 1.04. The van der Waals surface area contributed by atoms with Crippen molar-refractivity contribution in [3.05, 3.63) is 17.8 Å². The summed E-state index contributed by atoms with van der Waals surface area (Å²) in [5, 5.41) is 3.13. The van der Waals surface area contributed by atoms with Crippen LogP contribution in [-0.4, -0.2) is 21.6 Å². The van der Waals surface area contributed by atoms with Crippen molar-refractivity contribution in [1.29, 1.82) is 0 Å². The smallest absolute Gasteiger partial charge is 0.117 e. The van der Waals surface area contributed by atoms with Crippen molar-refractivity contribution in [1.82, 2.24) is 9.97 Å². The maximum absolute atomic E-state index is 5.62. The largest absolute Gasteiger partial charge is 0.235 e. The van der Waals surface area contributed by atoms with E-state index in [4.69, 9.17) is 11.6 Å². The highest BCUT2D eigenvalue weighted by Crippen LogP contribution is 2.28. The van der Waals surface area contributed by atoms with E-state index in [0.29, 0.717) is 5.88 Å². The van der Waals surface area contributed by atoms with Gasteiger partial charge in [-0.05, 0) is 17.9 Å². The van der Waals surface area contributed by atoms with Crippen LogP contribution >= 0.6 is 34.7 Å². The summed E-state index contributed by atoms with van der Waals surface area (Å²) in [6.45, 7) is 0. The van der Waals surface area contributed by atoms with Gasteiger partial charge in [0.2, 0.25) is 0 Å². The summed E-state index contributed by atoms with van der Waals surface area (Å²) in [7, 11) is 0. The first kappa shape index (κ1) is 10.2. The lowest BCUT2D eigenvalue weighted by Crippen LogP contribution is -1.85. The molecule has 0 saturated heterocycles. The number of thiophene rings is 1. The number of hydrogen-bond donors (Lipinski definition) is 0. The zero-order valence-corrected chi connectivity index (χ0v) is 9.83. The summed E-state index contributed by atoms with van der Waals surface area (Å²) in [6, 6.07) is 2.02. The molecule has 0 bridgehead atoms. The van der Waals surface area contributed by atoms with Crippen LogP contribution in [0.25, 0.3) is 10.2 Å². The first-order valence-corrected chi connectivity index (χ1v) is 6.69. The Kier molecular flexibility index (Phi) is 3.61. The minimum atomic E-state index is 0.714. The van der Waals surface area contributed by atoms with Crippen molar-refractivity contribution < 1.29 is 0 Å². The summed E-state index contributed by atoms with van der Waals surface area (Å²) < 4.78 is 1.19. The molecular weight excluding hydrogens is 236 g/mol. The third-order valence-electron chi connectivity index (χ3n) is 1.73. The Balaban J connectivity index is 2.19. The van der Waals surface area contributed by atoms with Crippen molar-refractivity contribution in [3.8, 4) is 0 Å².